The molecule has 5 rings (SSSR count). The molecule has 0 radical (unpaired) electrons. The van der Waals surface area contributed by atoms with Gasteiger partial charge in [0.05, 0.1) is 16.7 Å². The van der Waals surface area contributed by atoms with Gasteiger partial charge in [-0.3, -0.25) is 10.1 Å². The number of aromatic nitrogens is 1. The summed E-state index contributed by atoms with van der Waals surface area (Å²) >= 11 is 1.52. The molecular weight excluding hydrogens is 392 g/mol. The number of benzene rings is 2. The molecule has 2 aliphatic heterocycles. The number of nitro groups is 1. The van der Waals surface area contributed by atoms with Crippen LogP contribution in [0.3, 0.4) is 0 Å². The highest BCUT2D eigenvalue weighted by atomic mass is 32.1. The Morgan fingerprint density at radius 2 is 1.97 bits per heavy atom. The van der Waals surface area contributed by atoms with Crippen LogP contribution >= 0.6 is 11.3 Å². The van der Waals surface area contributed by atoms with E-state index in [1.165, 1.54) is 23.5 Å². The van der Waals surface area contributed by atoms with Crippen LogP contribution in [0.2, 0.25) is 0 Å². The van der Waals surface area contributed by atoms with Gasteiger partial charge in [0.1, 0.15) is 0 Å². The normalized spacial score (nSPS) is 17.5. The second kappa shape index (κ2) is 6.85. The second-order valence-corrected chi connectivity index (χ2v) is 7.70. The minimum atomic E-state index is -0.408. The van der Waals surface area contributed by atoms with Gasteiger partial charge in [-0.05, 0) is 43.2 Å². The van der Waals surface area contributed by atoms with Crippen molar-refractivity contribution in [1.29, 1.82) is 0 Å². The zero-order chi connectivity index (χ0) is 20.0. The Hall–Kier alpha value is -3.46. The van der Waals surface area contributed by atoms with Crippen LogP contribution in [0.4, 0.5) is 10.8 Å². The van der Waals surface area contributed by atoms with Gasteiger partial charge in [-0.25, -0.2) is 9.99 Å². The van der Waals surface area contributed by atoms with E-state index in [9.17, 15) is 10.1 Å². The lowest BCUT2D eigenvalue weighted by Crippen LogP contribution is -2.29. The molecule has 0 saturated carbocycles. The van der Waals surface area contributed by atoms with Crippen molar-refractivity contribution in [2.45, 2.75) is 19.4 Å². The average Bonchev–Trinajstić information content (AvgIpc) is 3.38. The molecule has 8 nitrogen and oxygen atoms in total. The summed E-state index contributed by atoms with van der Waals surface area (Å²) in [6, 6.07) is 10.4. The van der Waals surface area contributed by atoms with E-state index in [0.717, 1.165) is 34.0 Å². The number of thiazole rings is 1. The minimum absolute atomic E-state index is 0.0408. The molecule has 0 saturated heterocycles. The average molecular weight is 408 g/mol. The molecule has 0 bridgehead atoms. The highest BCUT2D eigenvalue weighted by Gasteiger charge is 2.28. The number of non-ortho nitro benzene ring substituents is 1. The highest BCUT2D eigenvalue weighted by Crippen LogP contribution is 2.38. The molecule has 0 spiro atoms. The Morgan fingerprint density at radius 3 is 2.66 bits per heavy atom. The monoisotopic (exact) mass is 408 g/mol. The maximum Gasteiger partial charge on any atom is 0.269 e. The lowest BCUT2D eigenvalue weighted by atomic mass is 9.94. The van der Waals surface area contributed by atoms with E-state index in [1.807, 2.05) is 22.5 Å². The third-order valence-corrected chi connectivity index (χ3v) is 5.72. The molecule has 0 aliphatic carbocycles. The van der Waals surface area contributed by atoms with Crippen molar-refractivity contribution >= 4 is 27.9 Å². The Kier molecular flexibility index (Phi) is 4.17. The molecule has 0 amide bonds. The molecule has 0 N–H and O–H groups in total. The fourth-order valence-corrected chi connectivity index (χ4v) is 4.25. The van der Waals surface area contributed by atoms with Crippen molar-refractivity contribution in [2.75, 3.05) is 11.8 Å². The van der Waals surface area contributed by atoms with Crippen LogP contribution in [-0.4, -0.2) is 28.5 Å². The number of nitrogens with zero attached hydrogens (tertiary/aromatic N) is 4. The van der Waals surface area contributed by atoms with E-state index in [4.69, 9.17) is 14.6 Å². The SMILES string of the molecule is C[C@@H]1Cc2cc3c(cc2C(c2ccc([N+](=O)[O-])cc2)=NN1c1nccs1)OCO3. The summed E-state index contributed by atoms with van der Waals surface area (Å²) in [5.41, 5.74) is 3.55. The molecule has 2 aliphatic rings. The standard InChI is InChI=1S/C20H16N4O4S/c1-12-8-14-9-17-18(28-11-27-17)10-16(14)19(22-23(12)20-21-6-7-29-20)13-2-4-15(5-3-13)24(25)26/h2-7,9-10,12H,8,11H2,1H3/t12-/m1/s1. The third-order valence-electron chi connectivity index (χ3n) is 4.96. The Balaban J connectivity index is 1.69. The summed E-state index contributed by atoms with van der Waals surface area (Å²) in [5.74, 6) is 1.40. The largest absolute Gasteiger partial charge is 0.454 e. The maximum atomic E-state index is 11.1. The van der Waals surface area contributed by atoms with Crippen LogP contribution in [0.1, 0.15) is 23.6 Å². The number of hydrogen-bond donors (Lipinski definition) is 0. The van der Waals surface area contributed by atoms with Crippen LogP contribution in [0.5, 0.6) is 11.5 Å². The molecule has 1 atom stereocenters. The first-order valence-corrected chi connectivity index (χ1v) is 9.93. The van der Waals surface area contributed by atoms with Crippen LogP contribution in [-0.2, 0) is 6.42 Å². The summed E-state index contributed by atoms with van der Waals surface area (Å²) in [5, 5.41) is 20.6. The van der Waals surface area contributed by atoms with Gasteiger partial charge in [0.25, 0.3) is 5.69 Å². The Labute approximate surface area is 170 Å². The molecular formula is C20H16N4O4S. The summed E-state index contributed by atoms with van der Waals surface area (Å²) in [6.45, 7) is 2.29. The zero-order valence-electron chi connectivity index (χ0n) is 15.4. The Bertz CT molecular complexity index is 1110. The molecule has 9 heteroatoms. The summed E-state index contributed by atoms with van der Waals surface area (Å²) in [7, 11) is 0. The smallest absolute Gasteiger partial charge is 0.269 e. The van der Waals surface area contributed by atoms with E-state index in [-0.39, 0.29) is 18.5 Å². The molecule has 3 heterocycles. The number of hydrazone groups is 1. The molecule has 29 heavy (non-hydrogen) atoms. The van der Waals surface area contributed by atoms with Crippen LogP contribution in [0.15, 0.2) is 53.1 Å². The number of anilines is 1. The molecule has 1 aromatic heterocycles. The number of rotatable bonds is 3. The predicted octanol–water partition coefficient (Wildman–Crippen LogP) is 3.98. The fourth-order valence-electron chi connectivity index (χ4n) is 3.55. The molecule has 0 unspecified atom stereocenters. The van der Waals surface area contributed by atoms with Crippen molar-refractivity contribution in [3.05, 3.63) is 74.8 Å². The van der Waals surface area contributed by atoms with E-state index >= 15 is 0 Å². The first kappa shape index (κ1) is 17.6. The van der Waals surface area contributed by atoms with Crippen molar-refractivity contribution in [2.24, 2.45) is 5.10 Å². The molecule has 3 aromatic rings. The number of nitro benzene ring substituents is 1. The summed E-state index contributed by atoms with van der Waals surface area (Å²) < 4.78 is 11.1. The van der Waals surface area contributed by atoms with Crippen molar-refractivity contribution < 1.29 is 14.4 Å². The zero-order valence-corrected chi connectivity index (χ0v) is 16.3. The van der Waals surface area contributed by atoms with Crippen LogP contribution in [0, 0.1) is 10.1 Å². The molecule has 146 valence electrons. The molecule has 2 aromatic carbocycles. The van der Waals surface area contributed by atoms with Crippen molar-refractivity contribution in [3.8, 4) is 11.5 Å². The fraction of sp³-hybridized carbons (Fsp3) is 0.200. The number of hydrogen-bond acceptors (Lipinski definition) is 8. The van der Waals surface area contributed by atoms with Gasteiger partial charge in [-0.2, -0.15) is 5.10 Å². The lowest BCUT2D eigenvalue weighted by molar-refractivity contribution is -0.384. The quantitative estimate of drug-likeness (QED) is 0.481. The first-order chi connectivity index (χ1) is 14.1. The van der Waals surface area contributed by atoms with Gasteiger partial charge in [-0.1, -0.05) is 0 Å². The van der Waals surface area contributed by atoms with Crippen LogP contribution in [0.25, 0.3) is 0 Å². The summed E-state index contributed by atoms with van der Waals surface area (Å²) in [6.07, 6.45) is 2.49. The van der Waals surface area contributed by atoms with Gasteiger partial charge in [0.2, 0.25) is 11.9 Å². The van der Waals surface area contributed by atoms with Crippen LogP contribution < -0.4 is 14.5 Å². The van der Waals surface area contributed by atoms with Gasteiger partial charge >= 0.3 is 0 Å². The number of fused-ring (bicyclic) bond motifs is 2. The highest BCUT2D eigenvalue weighted by molar-refractivity contribution is 7.13. The Morgan fingerprint density at radius 1 is 1.21 bits per heavy atom. The van der Waals surface area contributed by atoms with Gasteiger partial charge in [0, 0.05) is 34.8 Å². The maximum absolute atomic E-state index is 11.1. The number of ether oxygens (including phenoxy) is 2. The van der Waals surface area contributed by atoms with E-state index in [1.54, 1.807) is 18.3 Å². The molecule has 0 fully saturated rings. The van der Waals surface area contributed by atoms with E-state index < -0.39 is 4.92 Å². The lowest BCUT2D eigenvalue weighted by Gasteiger charge is -2.22. The summed E-state index contributed by atoms with van der Waals surface area (Å²) in [4.78, 5) is 15.1. The first-order valence-electron chi connectivity index (χ1n) is 9.05. The van der Waals surface area contributed by atoms with Crippen molar-refractivity contribution in [1.82, 2.24) is 4.98 Å². The topological polar surface area (TPSA) is 90.1 Å². The predicted molar refractivity (Wildman–Crippen MR) is 109 cm³/mol. The second-order valence-electron chi connectivity index (χ2n) is 6.83. The van der Waals surface area contributed by atoms with Crippen molar-refractivity contribution in [3.63, 3.8) is 0 Å². The van der Waals surface area contributed by atoms with E-state index in [0.29, 0.717) is 11.5 Å². The minimum Gasteiger partial charge on any atom is -0.454 e. The van der Waals surface area contributed by atoms with Gasteiger partial charge in [-0.15, -0.1) is 11.3 Å². The van der Waals surface area contributed by atoms with E-state index in [2.05, 4.69) is 11.9 Å². The third kappa shape index (κ3) is 3.09. The van der Waals surface area contributed by atoms with Gasteiger partial charge in [0.15, 0.2) is 11.5 Å². The van der Waals surface area contributed by atoms with Gasteiger partial charge < -0.3 is 9.47 Å².